The molecule has 6 nitrogen and oxygen atoms in total. The van der Waals surface area contributed by atoms with Gasteiger partial charge >= 0.3 is 0 Å². The molecule has 7 heteroatoms. The SMILES string of the molecule is CCNC(=NCc1ccc(F)c(CN(C)C)c1)NCC(O)c1ccc(OC(C)C)cc1. The zero-order valence-electron chi connectivity index (χ0n) is 19.2. The molecule has 170 valence electrons. The van der Waals surface area contributed by atoms with Crippen molar-refractivity contribution < 1.29 is 14.2 Å². The molecule has 0 aliphatic rings. The van der Waals surface area contributed by atoms with E-state index < -0.39 is 6.10 Å². The summed E-state index contributed by atoms with van der Waals surface area (Å²) in [5.41, 5.74) is 2.37. The molecule has 0 bridgehead atoms. The monoisotopic (exact) mass is 430 g/mol. The number of guanidine groups is 1. The maximum absolute atomic E-state index is 14.0. The quantitative estimate of drug-likeness (QED) is 0.398. The maximum atomic E-state index is 14.0. The van der Waals surface area contributed by atoms with E-state index in [1.807, 2.05) is 70.1 Å². The number of aliphatic imine (C=N–C) groups is 1. The first-order chi connectivity index (χ1) is 14.8. The minimum atomic E-state index is -0.686. The van der Waals surface area contributed by atoms with E-state index in [4.69, 9.17) is 4.74 Å². The van der Waals surface area contributed by atoms with E-state index in [1.54, 1.807) is 6.07 Å². The number of hydrogen-bond donors (Lipinski definition) is 3. The van der Waals surface area contributed by atoms with Crippen LogP contribution in [0.25, 0.3) is 0 Å². The van der Waals surface area contributed by atoms with E-state index in [2.05, 4.69) is 15.6 Å². The molecule has 2 aromatic carbocycles. The summed E-state index contributed by atoms with van der Waals surface area (Å²) in [5.74, 6) is 1.17. The number of ether oxygens (including phenoxy) is 1. The highest BCUT2D eigenvalue weighted by Gasteiger charge is 2.10. The van der Waals surface area contributed by atoms with Crippen molar-refractivity contribution in [3.63, 3.8) is 0 Å². The second-order valence-corrected chi connectivity index (χ2v) is 7.99. The minimum absolute atomic E-state index is 0.108. The first kappa shape index (κ1) is 24.6. The Bertz CT molecular complexity index is 838. The van der Waals surface area contributed by atoms with Gasteiger partial charge in [-0.2, -0.15) is 0 Å². The molecule has 0 saturated heterocycles. The molecule has 1 atom stereocenters. The summed E-state index contributed by atoms with van der Waals surface area (Å²) in [6, 6.07) is 12.5. The molecule has 2 aromatic rings. The number of aliphatic hydroxyl groups excluding tert-OH is 1. The second kappa shape index (κ2) is 12.3. The third-order valence-corrected chi connectivity index (χ3v) is 4.46. The van der Waals surface area contributed by atoms with E-state index >= 15 is 0 Å². The molecule has 0 radical (unpaired) electrons. The van der Waals surface area contributed by atoms with Crippen LogP contribution < -0.4 is 15.4 Å². The molecule has 0 aliphatic heterocycles. The van der Waals surface area contributed by atoms with Crippen molar-refractivity contribution in [1.82, 2.24) is 15.5 Å². The molecule has 0 spiro atoms. The average Bonchev–Trinajstić information content (AvgIpc) is 2.71. The number of aliphatic hydroxyl groups is 1. The molecule has 0 saturated carbocycles. The third-order valence-electron chi connectivity index (χ3n) is 4.46. The summed E-state index contributed by atoms with van der Waals surface area (Å²) < 4.78 is 19.6. The predicted octanol–water partition coefficient (Wildman–Crippen LogP) is 3.46. The topological polar surface area (TPSA) is 69.1 Å². The highest BCUT2D eigenvalue weighted by Crippen LogP contribution is 2.18. The van der Waals surface area contributed by atoms with E-state index in [0.717, 1.165) is 16.9 Å². The Labute approximate surface area is 185 Å². The van der Waals surface area contributed by atoms with Gasteiger partial charge in [0.05, 0.1) is 18.8 Å². The number of nitrogens with zero attached hydrogens (tertiary/aromatic N) is 2. The standard InChI is InChI=1S/C24H35FN4O2/c1-6-26-24(27-14-18-7-12-22(25)20(13-18)16-29(4)5)28-15-23(30)19-8-10-21(11-9-19)31-17(2)3/h7-13,17,23,30H,6,14-16H2,1-5H3,(H2,26,27,28). The molecular weight excluding hydrogens is 395 g/mol. The molecule has 0 aromatic heterocycles. The summed E-state index contributed by atoms with van der Waals surface area (Å²) in [6.45, 7) is 7.88. The summed E-state index contributed by atoms with van der Waals surface area (Å²) >= 11 is 0. The minimum Gasteiger partial charge on any atom is -0.491 e. The van der Waals surface area contributed by atoms with Crippen LogP contribution in [-0.2, 0) is 13.1 Å². The summed E-state index contributed by atoms with van der Waals surface area (Å²) in [7, 11) is 3.82. The predicted molar refractivity (Wildman–Crippen MR) is 124 cm³/mol. The van der Waals surface area contributed by atoms with Gasteiger partial charge in [-0.1, -0.05) is 18.2 Å². The van der Waals surface area contributed by atoms with Crippen LogP contribution in [0.3, 0.4) is 0 Å². The summed E-state index contributed by atoms with van der Waals surface area (Å²) in [4.78, 5) is 6.50. The van der Waals surface area contributed by atoms with Crippen LogP contribution in [-0.4, -0.2) is 49.3 Å². The molecule has 0 fully saturated rings. The van der Waals surface area contributed by atoms with Crippen LogP contribution in [0, 0.1) is 5.82 Å². The fraction of sp³-hybridized carbons (Fsp3) is 0.458. The Balaban J connectivity index is 1.98. The Morgan fingerprint density at radius 2 is 1.84 bits per heavy atom. The van der Waals surface area contributed by atoms with Crippen molar-refractivity contribution in [1.29, 1.82) is 0 Å². The van der Waals surface area contributed by atoms with Crippen LogP contribution >= 0.6 is 0 Å². The Hall–Kier alpha value is -2.64. The summed E-state index contributed by atoms with van der Waals surface area (Å²) in [5, 5.41) is 16.9. The van der Waals surface area contributed by atoms with Gasteiger partial charge in [0.15, 0.2) is 5.96 Å². The van der Waals surface area contributed by atoms with E-state index in [9.17, 15) is 9.50 Å². The van der Waals surface area contributed by atoms with Crippen molar-refractivity contribution in [2.24, 2.45) is 4.99 Å². The number of nitrogens with one attached hydrogen (secondary N) is 2. The third kappa shape index (κ3) is 8.55. The normalized spacial score (nSPS) is 12.9. The van der Waals surface area contributed by atoms with E-state index in [0.29, 0.717) is 37.7 Å². The lowest BCUT2D eigenvalue weighted by Gasteiger charge is -2.16. The van der Waals surface area contributed by atoms with Crippen LogP contribution in [0.5, 0.6) is 5.75 Å². The van der Waals surface area contributed by atoms with E-state index in [1.165, 1.54) is 6.07 Å². The fourth-order valence-electron chi connectivity index (χ4n) is 3.05. The molecular formula is C24H35FN4O2. The van der Waals surface area contributed by atoms with Gasteiger partial charge < -0.3 is 25.4 Å². The average molecular weight is 431 g/mol. The van der Waals surface area contributed by atoms with Gasteiger partial charge in [-0.25, -0.2) is 9.38 Å². The van der Waals surface area contributed by atoms with Gasteiger partial charge in [0.25, 0.3) is 0 Å². The highest BCUT2D eigenvalue weighted by atomic mass is 19.1. The van der Waals surface area contributed by atoms with Crippen LogP contribution in [0.4, 0.5) is 4.39 Å². The van der Waals surface area contributed by atoms with Crippen molar-refractivity contribution in [2.75, 3.05) is 27.2 Å². The Morgan fingerprint density at radius 1 is 1.13 bits per heavy atom. The van der Waals surface area contributed by atoms with Crippen molar-refractivity contribution in [2.45, 2.75) is 46.1 Å². The first-order valence-corrected chi connectivity index (χ1v) is 10.7. The lowest BCUT2D eigenvalue weighted by molar-refractivity contribution is 0.180. The number of hydrogen-bond acceptors (Lipinski definition) is 4. The van der Waals surface area contributed by atoms with Gasteiger partial charge in [-0.15, -0.1) is 0 Å². The molecule has 2 rings (SSSR count). The van der Waals surface area contributed by atoms with Gasteiger partial charge in [0, 0.05) is 25.2 Å². The van der Waals surface area contributed by atoms with Gasteiger partial charge in [0.1, 0.15) is 11.6 Å². The number of benzene rings is 2. The largest absolute Gasteiger partial charge is 0.491 e. The zero-order valence-corrected chi connectivity index (χ0v) is 19.2. The molecule has 31 heavy (non-hydrogen) atoms. The lowest BCUT2D eigenvalue weighted by Crippen LogP contribution is -2.39. The van der Waals surface area contributed by atoms with Crippen LogP contribution in [0.1, 0.15) is 43.6 Å². The van der Waals surface area contributed by atoms with Crippen LogP contribution in [0.2, 0.25) is 0 Å². The van der Waals surface area contributed by atoms with Crippen molar-refractivity contribution in [3.8, 4) is 5.75 Å². The fourth-order valence-corrected chi connectivity index (χ4v) is 3.05. The Morgan fingerprint density at radius 3 is 2.45 bits per heavy atom. The van der Waals surface area contributed by atoms with Crippen LogP contribution in [0.15, 0.2) is 47.5 Å². The molecule has 0 heterocycles. The van der Waals surface area contributed by atoms with Crippen molar-refractivity contribution >= 4 is 5.96 Å². The summed E-state index contributed by atoms with van der Waals surface area (Å²) in [6.07, 6.45) is -0.578. The second-order valence-electron chi connectivity index (χ2n) is 7.99. The molecule has 0 aliphatic carbocycles. The van der Waals surface area contributed by atoms with Gasteiger partial charge in [-0.3, -0.25) is 0 Å². The van der Waals surface area contributed by atoms with E-state index in [-0.39, 0.29) is 11.9 Å². The molecule has 1 unspecified atom stereocenters. The van der Waals surface area contributed by atoms with Crippen molar-refractivity contribution in [3.05, 3.63) is 65.0 Å². The highest BCUT2D eigenvalue weighted by molar-refractivity contribution is 5.79. The first-order valence-electron chi connectivity index (χ1n) is 10.7. The zero-order chi connectivity index (χ0) is 22.8. The lowest BCUT2D eigenvalue weighted by atomic mass is 10.1. The maximum Gasteiger partial charge on any atom is 0.191 e. The van der Waals surface area contributed by atoms with Gasteiger partial charge in [-0.05, 0) is 70.3 Å². The molecule has 3 N–H and O–H groups in total. The molecule has 0 amide bonds. The smallest absolute Gasteiger partial charge is 0.191 e. The van der Waals surface area contributed by atoms with Gasteiger partial charge in [0.2, 0.25) is 0 Å². The number of rotatable bonds is 10. The Kier molecular flexibility index (Phi) is 9.75. The number of halogens is 1.